The summed E-state index contributed by atoms with van der Waals surface area (Å²) in [5.41, 5.74) is 2.32. The van der Waals surface area contributed by atoms with Crippen molar-refractivity contribution in [2.24, 2.45) is 5.92 Å². The van der Waals surface area contributed by atoms with Gasteiger partial charge >= 0.3 is 5.97 Å². The van der Waals surface area contributed by atoms with Crippen LogP contribution in [0.3, 0.4) is 0 Å². The maximum Gasteiger partial charge on any atom is 0.309 e. The summed E-state index contributed by atoms with van der Waals surface area (Å²) in [6.45, 7) is 8.26. The third-order valence-corrected chi connectivity index (χ3v) is 7.54. The number of carboxylic acid groups (broad SMARTS) is 1. The van der Waals surface area contributed by atoms with Crippen LogP contribution in [0.25, 0.3) is 10.9 Å². The number of sulfonamides is 1. The SMILES string of the molecule is Cc1ccc2c(CC(=O)O)nn([C@H]3CN(S(=O)(=O)c4ccc(OC(C)C)cn4)C[C@H]3C)c2c1. The number of aryl methyl sites for hydroxylation is 1. The van der Waals surface area contributed by atoms with Crippen LogP contribution >= 0.6 is 0 Å². The number of benzene rings is 1. The number of aromatic nitrogens is 3. The van der Waals surface area contributed by atoms with Crippen LogP contribution in [0.5, 0.6) is 5.75 Å². The number of pyridine rings is 1. The highest BCUT2D eigenvalue weighted by Crippen LogP contribution is 2.34. The zero-order valence-corrected chi connectivity index (χ0v) is 19.9. The Kier molecular flexibility index (Phi) is 6.15. The van der Waals surface area contributed by atoms with E-state index in [4.69, 9.17) is 4.74 Å². The zero-order valence-electron chi connectivity index (χ0n) is 19.1. The Bertz CT molecular complexity index is 1280. The fraction of sp³-hybridized carbons (Fsp3) is 0.435. The number of carboxylic acids is 1. The molecule has 0 bridgehead atoms. The fourth-order valence-corrected chi connectivity index (χ4v) is 5.72. The molecule has 176 valence electrons. The number of ether oxygens (including phenoxy) is 1. The van der Waals surface area contributed by atoms with Gasteiger partial charge in [-0.3, -0.25) is 9.48 Å². The van der Waals surface area contributed by atoms with E-state index in [-0.39, 0.29) is 36.1 Å². The van der Waals surface area contributed by atoms with Crippen LogP contribution in [-0.2, 0) is 21.2 Å². The van der Waals surface area contributed by atoms with Gasteiger partial charge < -0.3 is 9.84 Å². The van der Waals surface area contributed by atoms with E-state index in [0.29, 0.717) is 18.0 Å². The summed E-state index contributed by atoms with van der Waals surface area (Å²) in [7, 11) is -3.80. The van der Waals surface area contributed by atoms with Gasteiger partial charge in [0.15, 0.2) is 5.03 Å². The van der Waals surface area contributed by atoms with Gasteiger partial charge in [-0.1, -0.05) is 19.1 Å². The van der Waals surface area contributed by atoms with Crippen molar-refractivity contribution in [2.75, 3.05) is 13.1 Å². The van der Waals surface area contributed by atoms with E-state index in [1.165, 1.54) is 16.6 Å². The number of rotatable bonds is 7. The van der Waals surface area contributed by atoms with E-state index >= 15 is 0 Å². The summed E-state index contributed by atoms with van der Waals surface area (Å²) in [5, 5.41) is 14.7. The number of fused-ring (bicyclic) bond motifs is 1. The fourth-order valence-electron chi connectivity index (χ4n) is 4.25. The molecule has 0 aliphatic carbocycles. The molecule has 1 saturated heterocycles. The lowest BCUT2D eigenvalue weighted by Gasteiger charge is -2.17. The van der Waals surface area contributed by atoms with Crippen LogP contribution in [0.15, 0.2) is 41.6 Å². The quantitative estimate of drug-likeness (QED) is 0.562. The lowest BCUT2D eigenvalue weighted by molar-refractivity contribution is -0.136. The maximum atomic E-state index is 13.3. The predicted octanol–water partition coefficient (Wildman–Crippen LogP) is 3.04. The molecule has 4 rings (SSSR count). The normalized spacial score (nSPS) is 19.4. The molecule has 1 N–H and O–H groups in total. The van der Waals surface area contributed by atoms with Crippen LogP contribution in [0.1, 0.15) is 38.1 Å². The van der Waals surface area contributed by atoms with Crippen molar-refractivity contribution in [2.45, 2.75) is 51.3 Å². The average Bonchev–Trinajstić information content (AvgIpc) is 3.28. The van der Waals surface area contributed by atoms with Crippen molar-refractivity contribution in [1.82, 2.24) is 19.1 Å². The minimum absolute atomic E-state index is 0.0235. The Morgan fingerprint density at radius 1 is 1.24 bits per heavy atom. The van der Waals surface area contributed by atoms with Crippen LogP contribution in [0.4, 0.5) is 0 Å². The first-order valence-electron chi connectivity index (χ1n) is 10.9. The topological polar surface area (TPSA) is 115 Å². The summed E-state index contributed by atoms with van der Waals surface area (Å²) in [5.74, 6) is -0.465. The van der Waals surface area contributed by atoms with Crippen LogP contribution in [0.2, 0.25) is 0 Å². The molecule has 3 aromatic rings. The van der Waals surface area contributed by atoms with Crippen LogP contribution in [-0.4, -0.2) is 57.8 Å². The Balaban J connectivity index is 1.64. The second-order valence-corrected chi connectivity index (χ2v) is 10.7. The van der Waals surface area contributed by atoms with Gasteiger partial charge in [0.2, 0.25) is 0 Å². The lowest BCUT2D eigenvalue weighted by Crippen LogP contribution is -2.30. The Morgan fingerprint density at radius 3 is 2.64 bits per heavy atom. The third kappa shape index (κ3) is 4.58. The Hall–Kier alpha value is -2.98. The summed E-state index contributed by atoms with van der Waals surface area (Å²) in [6, 6.07) is 8.61. The van der Waals surface area contributed by atoms with Crippen molar-refractivity contribution in [1.29, 1.82) is 0 Å². The van der Waals surface area contributed by atoms with E-state index in [2.05, 4.69) is 10.1 Å². The Labute approximate surface area is 193 Å². The molecule has 0 radical (unpaired) electrons. The van der Waals surface area contributed by atoms with E-state index in [9.17, 15) is 18.3 Å². The highest BCUT2D eigenvalue weighted by atomic mass is 32.2. The zero-order chi connectivity index (χ0) is 23.9. The second kappa shape index (κ2) is 8.75. The molecular weight excluding hydrogens is 444 g/mol. The summed E-state index contributed by atoms with van der Waals surface area (Å²) in [6.07, 6.45) is 1.20. The third-order valence-electron chi connectivity index (χ3n) is 5.80. The van der Waals surface area contributed by atoms with Gasteiger partial charge in [-0.15, -0.1) is 0 Å². The van der Waals surface area contributed by atoms with Gasteiger partial charge in [-0.05, 0) is 50.5 Å². The molecule has 33 heavy (non-hydrogen) atoms. The van der Waals surface area contributed by atoms with Crippen LogP contribution in [0, 0.1) is 12.8 Å². The minimum Gasteiger partial charge on any atom is -0.489 e. The van der Waals surface area contributed by atoms with Crippen molar-refractivity contribution >= 4 is 26.9 Å². The van der Waals surface area contributed by atoms with Crippen molar-refractivity contribution in [3.05, 3.63) is 47.8 Å². The molecule has 1 aliphatic rings. The average molecular weight is 473 g/mol. The van der Waals surface area contributed by atoms with Crippen molar-refractivity contribution < 1.29 is 23.1 Å². The number of nitrogens with zero attached hydrogens (tertiary/aromatic N) is 4. The summed E-state index contributed by atoms with van der Waals surface area (Å²) < 4.78 is 35.3. The first-order chi connectivity index (χ1) is 15.6. The molecule has 1 aromatic carbocycles. The summed E-state index contributed by atoms with van der Waals surface area (Å²) in [4.78, 5) is 15.5. The first-order valence-corrected chi connectivity index (χ1v) is 12.3. The lowest BCUT2D eigenvalue weighted by atomic mass is 10.1. The molecule has 1 aliphatic heterocycles. The molecule has 9 nitrogen and oxygen atoms in total. The predicted molar refractivity (Wildman–Crippen MR) is 123 cm³/mol. The highest BCUT2D eigenvalue weighted by molar-refractivity contribution is 7.89. The van der Waals surface area contributed by atoms with Gasteiger partial charge in [0.1, 0.15) is 5.75 Å². The minimum atomic E-state index is -3.80. The summed E-state index contributed by atoms with van der Waals surface area (Å²) >= 11 is 0. The first kappa shape index (κ1) is 23.2. The van der Waals surface area contributed by atoms with Gasteiger partial charge in [-0.25, -0.2) is 13.4 Å². The molecule has 0 saturated carbocycles. The van der Waals surface area contributed by atoms with E-state index < -0.39 is 16.0 Å². The molecule has 2 atom stereocenters. The molecule has 0 spiro atoms. The van der Waals surface area contributed by atoms with Gasteiger partial charge in [0, 0.05) is 18.5 Å². The van der Waals surface area contributed by atoms with Crippen LogP contribution < -0.4 is 4.74 Å². The molecule has 1 fully saturated rings. The standard InChI is InChI=1S/C23H28N4O5S/c1-14(2)32-17-6-8-22(24-11-17)33(30,31)26-12-16(4)21(13-26)27-20-9-15(3)5-7-18(20)19(25-27)10-23(28)29/h5-9,11,14,16,21H,10,12-13H2,1-4H3,(H,28,29)/t16-,21+/m1/s1. The van der Waals surface area contributed by atoms with Gasteiger partial charge in [0.25, 0.3) is 10.0 Å². The second-order valence-electron chi connectivity index (χ2n) is 8.85. The van der Waals surface area contributed by atoms with Gasteiger partial charge in [0.05, 0.1) is 36.0 Å². The van der Waals surface area contributed by atoms with Gasteiger partial charge in [-0.2, -0.15) is 9.40 Å². The smallest absolute Gasteiger partial charge is 0.309 e. The molecule has 0 unspecified atom stereocenters. The molecule has 3 heterocycles. The molecule has 2 aromatic heterocycles. The number of hydrogen-bond donors (Lipinski definition) is 1. The Morgan fingerprint density at radius 2 is 2.00 bits per heavy atom. The van der Waals surface area contributed by atoms with E-state index in [1.54, 1.807) is 10.7 Å². The van der Waals surface area contributed by atoms with Crippen molar-refractivity contribution in [3.63, 3.8) is 0 Å². The largest absolute Gasteiger partial charge is 0.489 e. The molecule has 0 amide bonds. The monoisotopic (exact) mass is 472 g/mol. The number of hydrogen-bond acceptors (Lipinski definition) is 6. The van der Waals surface area contributed by atoms with E-state index in [1.807, 2.05) is 45.9 Å². The molecule has 10 heteroatoms. The van der Waals surface area contributed by atoms with E-state index in [0.717, 1.165) is 16.5 Å². The number of aliphatic carboxylic acids is 1. The van der Waals surface area contributed by atoms with Crippen molar-refractivity contribution in [3.8, 4) is 5.75 Å². The number of carbonyl (C=O) groups is 1. The molecular formula is C23H28N4O5S. The highest BCUT2D eigenvalue weighted by Gasteiger charge is 2.40. The maximum absolute atomic E-state index is 13.3.